The van der Waals surface area contributed by atoms with Gasteiger partial charge in [-0.25, -0.2) is 0 Å². The lowest BCUT2D eigenvalue weighted by molar-refractivity contribution is -0.385. The fraction of sp³-hybridized carbons (Fsp3) is 0.417. The number of phenolic OH excluding ortho intramolecular Hbond substituents is 1. The van der Waals surface area contributed by atoms with Crippen LogP contribution in [0.4, 0.5) is 5.69 Å². The summed E-state index contributed by atoms with van der Waals surface area (Å²) in [5.41, 5.74) is -0.450. The Morgan fingerprint density at radius 3 is 2.50 bits per heavy atom. The van der Waals surface area contributed by atoms with E-state index in [1.54, 1.807) is 0 Å². The van der Waals surface area contributed by atoms with Gasteiger partial charge in [0.05, 0.1) is 4.92 Å². The van der Waals surface area contributed by atoms with Crippen LogP contribution < -0.4 is 5.32 Å². The summed E-state index contributed by atoms with van der Waals surface area (Å²) < 4.78 is 0. The van der Waals surface area contributed by atoms with Gasteiger partial charge in [-0.3, -0.25) is 14.9 Å². The van der Waals surface area contributed by atoms with Gasteiger partial charge in [-0.15, -0.1) is 0 Å². The van der Waals surface area contributed by atoms with Crippen LogP contribution in [0.3, 0.4) is 0 Å². The van der Waals surface area contributed by atoms with Gasteiger partial charge < -0.3 is 10.4 Å². The lowest BCUT2D eigenvalue weighted by Crippen LogP contribution is -2.36. The number of nitro benzene ring substituents is 1. The molecule has 0 heterocycles. The molecule has 1 amide bonds. The van der Waals surface area contributed by atoms with E-state index in [9.17, 15) is 20.0 Å². The van der Waals surface area contributed by atoms with Crippen molar-refractivity contribution >= 4 is 11.6 Å². The second-order valence-electron chi connectivity index (χ2n) is 4.46. The largest absolute Gasteiger partial charge is 0.508 e. The van der Waals surface area contributed by atoms with E-state index < -0.39 is 10.8 Å². The maximum atomic E-state index is 11.9. The topological polar surface area (TPSA) is 92.5 Å². The van der Waals surface area contributed by atoms with E-state index in [-0.39, 0.29) is 29.0 Å². The molecular weight excluding hydrogens is 236 g/mol. The normalized spacial score (nSPS) is 12.2. The molecule has 1 rings (SSSR count). The summed E-state index contributed by atoms with van der Waals surface area (Å²) in [6, 6.07) is 3.28. The van der Waals surface area contributed by atoms with Crippen molar-refractivity contribution in [2.24, 2.45) is 5.92 Å². The van der Waals surface area contributed by atoms with Crippen molar-refractivity contribution in [1.29, 1.82) is 0 Å². The fourth-order valence-corrected chi connectivity index (χ4v) is 1.32. The van der Waals surface area contributed by atoms with Crippen LogP contribution in [0.1, 0.15) is 31.1 Å². The fourth-order valence-electron chi connectivity index (χ4n) is 1.32. The molecule has 2 N–H and O–H groups in total. The summed E-state index contributed by atoms with van der Waals surface area (Å²) in [4.78, 5) is 22.1. The van der Waals surface area contributed by atoms with Gasteiger partial charge in [-0.05, 0) is 25.0 Å². The summed E-state index contributed by atoms with van der Waals surface area (Å²) in [6.07, 6.45) is 0. The van der Waals surface area contributed by atoms with Crippen LogP contribution in [0, 0.1) is 16.0 Å². The second-order valence-corrected chi connectivity index (χ2v) is 4.46. The van der Waals surface area contributed by atoms with Crippen LogP contribution in [0.15, 0.2) is 18.2 Å². The first-order valence-corrected chi connectivity index (χ1v) is 5.61. The van der Waals surface area contributed by atoms with Gasteiger partial charge in [0.2, 0.25) is 0 Å². The average Bonchev–Trinajstić information content (AvgIpc) is 2.28. The van der Waals surface area contributed by atoms with E-state index >= 15 is 0 Å². The minimum absolute atomic E-state index is 0.112. The lowest BCUT2D eigenvalue weighted by Gasteiger charge is -2.17. The van der Waals surface area contributed by atoms with Crippen LogP contribution >= 0.6 is 0 Å². The minimum atomic E-state index is -0.644. The monoisotopic (exact) mass is 252 g/mol. The summed E-state index contributed by atoms with van der Waals surface area (Å²) in [5.74, 6) is -0.521. The Balaban J connectivity index is 3.04. The van der Waals surface area contributed by atoms with Gasteiger partial charge in [-0.1, -0.05) is 13.8 Å². The highest BCUT2D eigenvalue weighted by molar-refractivity contribution is 5.98. The Bertz CT molecular complexity index is 471. The summed E-state index contributed by atoms with van der Waals surface area (Å²) in [7, 11) is 0. The first-order chi connectivity index (χ1) is 8.32. The third kappa shape index (κ3) is 3.19. The quantitative estimate of drug-likeness (QED) is 0.633. The van der Waals surface area contributed by atoms with E-state index in [4.69, 9.17) is 0 Å². The molecular formula is C12H16N2O4. The number of nitrogens with one attached hydrogen (secondary N) is 1. The molecule has 0 bridgehead atoms. The van der Waals surface area contributed by atoms with Crippen molar-refractivity contribution in [3.05, 3.63) is 33.9 Å². The maximum absolute atomic E-state index is 11.9. The van der Waals surface area contributed by atoms with E-state index in [1.807, 2.05) is 20.8 Å². The van der Waals surface area contributed by atoms with E-state index in [0.717, 1.165) is 12.1 Å². The predicted molar refractivity (Wildman–Crippen MR) is 66.5 cm³/mol. The maximum Gasteiger partial charge on any atom is 0.282 e. The number of nitrogens with zero attached hydrogens (tertiary/aromatic N) is 1. The highest BCUT2D eigenvalue weighted by Gasteiger charge is 2.22. The van der Waals surface area contributed by atoms with Crippen molar-refractivity contribution in [1.82, 2.24) is 5.32 Å². The molecule has 1 aromatic rings. The molecule has 1 aromatic carbocycles. The molecule has 0 aliphatic rings. The van der Waals surface area contributed by atoms with Crippen LogP contribution in [-0.2, 0) is 0 Å². The third-order valence-electron chi connectivity index (χ3n) is 2.78. The smallest absolute Gasteiger partial charge is 0.282 e. The zero-order valence-corrected chi connectivity index (χ0v) is 10.5. The van der Waals surface area contributed by atoms with Crippen molar-refractivity contribution < 1.29 is 14.8 Å². The zero-order valence-electron chi connectivity index (χ0n) is 10.5. The number of carbonyl (C=O) groups excluding carboxylic acids is 1. The Morgan fingerprint density at radius 1 is 1.39 bits per heavy atom. The van der Waals surface area contributed by atoms with E-state index in [0.29, 0.717) is 0 Å². The van der Waals surface area contributed by atoms with E-state index in [2.05, 4.69) is 5.32 Å². The predicted octanol–water partition coefficient (Wildman–Crippen LogP) is 2.07. The highest BCUT2D eigenvalue weighted by Crippen LogP contribution is 2.23. The summed E-state index contributed by atoms with van der Waals surface area (Å²) in [5, 5.41) is 22.8. The highest BCUT2D eigenvalue weighted by atomic mass is 16.6. The Morgan fingerprint density at radius 2 is 2.00 bits per heavy atom. The first kappa shape index (κ1) is 14.0. The molecule has 0 saturated carbocycles. The van der Waals surface area contributed by atoms with Gasteiger partial charge >= 0.3 is 0 Å². The number of hydrogen-bond donors (Lipinski definition) is 2. The van der Waals surface area contributed by atoms with Gasteiger partial charge in [0.25, 0.3) is 11.6 Å². The molecule has 0 aliphatic carbocycles. The molecule has 0 aromatic heterocycles. The molecule has 1 atom stereocenters. The van der Waals surface area contributed by atoms with Crippen LogP contribution in [0.2, 0.25) is 0 Å². The number of rotatable bonds is 4. The second kappa shape index (κ2) is 5.48. The van der Waals surface area contributed by atoms with Crippen molar-refractivity contribution in [3.63, 3.8) is 0 Å². The number of nitro groups is 1. The van der Waals surface area contributed by atoms with Gasteiger partial charge in [0.15, 0.2) is 0 Å². The minimum Gasteiger partial charge on any atom is -0.508 e. The number of amides is 1. The first-order valence-electron chi connectivity index (χ1n) is 5.61. The summed E-state index contributed by atoms with van der Waals surface area (Å²) >= 11 is 0. The van der Waals surface area contributed by atoms with Gasteiger partial charge in [0.1, 0.15) is 11.3 Å². The van der Waals surface area contributed by atoms with Gasteiger partial charge in [0, 0.05) is 12.1 Å². The van der Waals surface area contributed by atoms with Crippen molar-refractivity contribution in [2.75, 3.05) is 0 Å². The Kier molecular flexibility index (Phi) is 4.25. The third-order valence-corrected chi connectivity index (χ3v) is 2.78. The molecule has 0 aliphatic heterocycles. The standard InChI is InChI=1S/C12H16N2O4/c1-7(2)8(3)13-12(16)10-6-9(15)4-5-11(10)14(17)18/h4-8,15H,1-3H3,(H,13,16). The van der Waals surface area contributed by atoms with E-state index in [1.165, 1.54) is 6.07 Å². The molecule has 98 valence electrons. The zero-order chi connectivity index (χ0) is 13.9. The number of hydrogen-bond acceptors (Lipinski definition) is 4. The number of benzene rings is 1. The molecule has 6 nitrogen and oxygen atoms in total. The Hall–Kier alpha value is -2.11. The van der Waals surface area contributed by atoms with Gasteiger partial charge in [-0.2, -0.15) is 0 Å². The molecule has 0 fully saturated rings. The molecule has 1 unspecified atom stereocenters. The molecule has 18 heavy (non-hydrogen) atoms. The van der Waals surface area contributed by atoms with Crippen LogP contribution in [0.25, 0.3) is 0 Å². The molecule has 0 spiro atoms. The molecule has 0 saturated heterocycles. The number of phenols is 1. The van der Waals surface area contributed by atoms with Crippen molar-refractivity contribution in [2.45, 2.75) is 26.8 Å². The molecule has 0 radical (unpaired) electrons. The average molecular weight is 252 g/mol. The number of aromatic hydroxyl groups is 1. The number of carbonyl (C=O) groups is 1. The van der Waals surface area contributed by atoms with Crippen molar-refractivity contribution in [3.8, 4) is 5.75 Å². The van der Waals surface area contributed by atoms with Crippen LogP contribution in [0.5, 0.6) is 5.75 Å². The van der Waals surface area contributed by atoms with Crippen LogP contribution in [-0.4, -0.2) is 22.0 Å². The summed E-state index contributed by atoms with van der Waals surface area (Å²) in [6.45, 7) is 5.68. The Labute approximate surface area is 105 Å². The molecule has 6 heteroatoms. The lowest BCUT2D eigenvalue weighted by atomic mass is 10.1. The SMILES string of the molecule is CC(C)C(C)NC(=O)c1cc(O)ccc1[N+](=O)[O-].